The largest absolute Gasteiger partial charge is 0.205 e. The molecule has 0 amide bonds. The topological polar surface area (TPSA) is 0 Å². The first-order chi connectivity index (χ1) is 16.9. The summed E-state index contributed by atoms with van der Waals surface area (Å²) in [6.07, 6.45) is 6.03. The molecule has 35 heavy (non-hydrogen) atoms. The maximum atomic E-state index is 14.6. The first-order valence-corrected chi connectivity index (χ1v) is 11.1. The number of benzene rings is 4. The summed E-state index contributed by atoms with van der Waals surface area (Å²) in [4.78, 5) is 0. The van der Waals surface area contributed by atoms with E-state index in [0.717, 1.165) is 36.6 Å². The van der Waals surface area contributed by atoms with Gasteiger partial charge < -0.3 is 0 Å². The minimum atomic E-state index is -0.948. The van der Waals surface area contributed by atoms with Gasteiger partial charge in [0.25, 0.3) is 0 Å². The number of hydrogen-bond donors (Lipinski definition) is 0. The van der Waals surface area contributed by atoms with Crippen molar-refractivity contribution >= 4 is 10.8 Å². The van der Waals surface area contributed by atoms with Crippen LogP contribution < -0.4 is 0 Å². The highest BCUT2D eigenvalue weighted by molar-refractivity contribution is 5.84. The van der Waals surface area contributed by atoms with Crippen molar-refractivity contribution in [3.05, 3.63) is 130 Å². The van der Waals surface area contributed by atoms with E-state index in [-0.39, 0.29) is 16.5 Å². The molecule has 0 aliphatic heterocycles. The van der Waals surface area contributed by atoms with Gasteiger partial charge in [0.05, 0.1) is 5.56 Å². The average molecular weight is 468 g/mol. The lowest BCUT2D eigenvalue weighted by atomic mass is 10.1. The SMILES string of the molecule is C/C=C/CCc1ccc(C#Cc2cc(F)c(C#Cc3ccc4c(F)c(F)ccc4c3)c(F)c2)cc1. The second-order valence-electron chi connectivity index (χ2n) is 7.92. The van der Waals surface area contributed by atoms with Gasteiger partial charge in [-0.25, -0.2) is 17.6 Å². The maximum absolute atomic E-state index is 14.6. The van der Waals surface area contributed by atoms with E-state index in [4.69, 9.17) is 0 Å². The predicted molar refractivity (Wildman–Crippen MR) is 132 cm³/mol. The minimum Gasteiger partial charge on any atom is -0.205 e. The summed E-state index contributed by atoms with van der Waals surface area (Å²) in [5.74, 6) is 7.35. The molecular weight excluding hydrogens is 448 g/mol. The van der Waals surface area contributed by atoms with Crippen molar-refractivity contribution in [2.75, 3.05) is 0 Å². The molecule has 0 saturated carbocycles. The molecule has 4 heteroatoms. The maximum Gasteiger partial charge on any atom is 0.166 e. The van der Waals surface area contributed by atoms with Crippen molar-refractivity contribution in [3.8, 4) is 23.7 Å². The monoisotopic (exact) mass is 468 g/mol. The Morgan fingerprint density at radius 2 is 1.31 bits per heavy atom. The molecular formula is C31H20F4. The molecule has 0 aliphatic carbocycles. The van der Waals surface area contributed by atoms with E-state index < -0.39 is 23.3 Å². The highest BCUT2D eigenvalue weighted by atomic mass is 19.2. The summed E-state index contributed by atoms with van der Waals surface area (Å²) in [5, 5.41) is 0.548. The van der Waals surface area contributed by atoms with Crippen molar-refractivity contribution in [2.45, 2.75) is 19.8 Å². The number of halogens is 4. The van der Waals surface area contributed by atoms with E-state index in [9.17, 15) is 17.6 Å². The highest BCUT2D eigenvalue weighted by Crippen LogP contribution is 2.22. The van der Waals surface area contributed by atoms with Gasteiger partial charge in [0.15, 0.2) is 11.6 Å². The van der Waals surface area contributed by atoms with Gasteiger partial charge in [-0.15, -0.1) is 0 Å². The third kappa shape index (κ3) is 5.81. The molecule has 0 bridgehead atoms. The fourth-order valence-corrected chi connectivity index (χ4v) is 3.56. The second kappa shape index (κ2) is 10.8. The zero-order valence-electron chi connectivity index (χ0n) is 18.9. The van der Waals surface area contributed by atoms with Crippen molar-refractivity contribution in [2.24, 2.45) is 0 Å². The minimum absolute atomic E-state index is 0.110. The molecule has 0 heterocycles. The first kappa shape index (κ1) is 23.9. The molecule has 0 aliphatic rings. The van der Waals surface area contributed by atoms with Crippen LogP contribution in [0.15, 0.2) is 78.9 Å². The molecule has 0 spiro atoms. The van der Waals surface area contributed by atoms with Gasteiger partial charge in [0.2, 0.25) is 0 Å². The molecule has 0 nitrogen and oxygen atoms in total. The Balaban J connectivity index is 1.53. The van der Waals surface area contributed by atoms with Crippen molar-refractivity contribution in [1.29, 1.82) is 0 Å². The van der Waals surface area contributed by atoms with E-state index in [2.05, 4.69) is 29.8 Å². The van der Waals surface area contributed by atoms with Gasteiger partial charge in [-0.2, -0.15) is 0 Å². The Hall–Kier alpha value is -4.28. The van der Waals surface area contributed by atoms with E-state index in [0.29, 0.717) is 10.9 Å². The van der Waals surface area contributed by atoms with Gasteiger partial charge in [0, 0.05) is 22.1 Å². The van der Waals surface area contributed by atoms with Crippen LogP contribution in [-0.2, 0) is 6.42 Å². The van der Waals surface area contributed by atoms with E-state index in [1.165, 1.54) is 29.8 Å². The quantitative estimate of drug-likeness (QED) is 0.164. The van der Waals surface area contributed by atoms with Crippen LogP contribution in [0.3, 0.4) is 0 Å². The molecule has 4 aromatic rings. The Bertz CT molecular complexity index is 1520. The van der Waals surface area contributed by atoms with E-state index in [1.54, 1.807) is 0 Å². The van der Waals surface area contributed by atoms with Crippen molar-refractivity contribution in [3.63, 3.8) is 0 Å². The van der Waals surface area contributed by atoms with Crippen LogP contribution in [-0.4, -0.2) is 0 Å². The average Bonchev–Trinajstić information content (AvgIpc) is 2.85. The zero-order chi connectivity index (χ0) is 24.8. The molecule has 0 atom stereocenters. The molecule has 4 aromatic carbocycles. The second-order valence-corrected chi connectivity index (χ2v) is 7.92. The fourth-order valence-electron chi connectivity index (χ4n) is 3.56. The Morgan fingerprint density at radius 1 is 0.657 bits per heavy atom. The summed E-state index contributed by atoms with van der Waals surface area (Å²) in [7, 11) is 0. The molecule has 0 saturated heterocycles. The van der Waals surface area contributed by atoms with Crippen LogP contribution >= 0.6 is 0 Å². The standard InChI is InChI=1S/C31H20F4/c1-2-3-4-5-21-6-8-22(9-7-21)10-11-24-19-29(33)27(30(34)20-24)16-13-23-12-15-26-25(18-23)14-17-28(32)31(26)35/h2-3,6-9,12,14-15,17-20H,4-5H2,1H3/b3-2+. The molecule has 0 aromatic heterocycles. The van der Waals surface area contributed by atoms with Crippen LogP contribution in [0.4, 0.5) is 17.6 Å². The molecule has 0 unspecified atom stereocenters. The van der Waals surface area contributed by atoms with Crippen LogP contribution in [0.1, 0.15) is 41.2 Å². The van der Waals surface area contributed by atoms with Gasteiger partial charge in [-0.05, 0) is 73.2 Å². The normalized spacial score (nSPS) is 10.7. The lowest BCUT2D eigenvalue weighted by Crippen LogP contribution is -1.93. The number of allylic oxidation sites excluding steroid dienone is 2. The summed E-state index contributed by atoms with van der Waals surface area (Å²) >= 11 is 0. The Labute approximate surface area is 201 Å². The van der Waals surface area contributed by atoms with Gasteiger partial charge in [-0.3, -0.25) is 0 Å². The zero-order valence-corrected chi connectivity index (χ0v) is 18.9. The van der Waals surface area contributed by atoms with Crippen LogP contribution in [0.5, 0.6) is 0 Å². The van der Waals surface area contributed by atoms with Gasteiger partial charge in [-0.1, -0.05) is 60.1 Å². The third-order valence-electron chi connectivity index (χ3n) is 5.42. The highest BCUT2D eigenvalue weighted by Gasteiger charge is 2.09. The van der Waals surface area contributed by atoms with Crippen LogP contribution in [0, 0.1) is 47.0 Å². The van der Waals surface area contributed by atoms with Crippen LogP contribution in [0.25, 0.3) is 10.8 Å². The van der Waals surface area contributed by atoms with E-state index in [1.807, 2.05) is 37.3 Å². The van der Waals surface area contributed by atoms with Gasteiger partial charge >= 0.3 is 0 Å². The van der Waals surface area contributed by atoms with Crippen LogP contribution in [0.2, 0.25) is 0 Å². The number of fused-ring (bicyclic) bond motifs is 1. The predicted octanol–water partition coefficient (Wildman–Crippen LogP) is 7.70. The lowest BCUT2D eigenvalue weighted by molar-refractivity contribution is 0.517. The molecule has 0 fully saturated rings. The number of aryl methyl sites for hydroxylation is 1. The summed E-state index contributed by atoms with van der Waals surface area (Å²) < 4.78 is 56.4. The van der Waals surface area contributed by atoms with Crippen molar-refractivity contribution in [1.82, 2.24) is 0 Å². The summed E-state index contributed by atoms with van der Waals surface area (Å²) in [6, 6.07) is 16.9. The lowest BCUT2D eigenvalue weighted by Gasteiger charge is -2.02. The van der Waals surface area contributed by atoms with Gasteiger partial charge in [0.1, 0.15) is 11.6 Å². The molecule has 0 N–H and O–H groups in total. The Morgan fingerprint density at radius 3 is 2.03 bits per heavy atom. The molecule has 0 radical (unpaired) electrons. The van der Waals surface area contributed by atoms with E-state index >= 15 is 0 Å². The van der Waals surface area contributed by atoms with Crippen molar-refractivity contribution < 1.29 is 17.6 Å². The fraction of sp³-hybridized carbons (Fsp3) is 0.0968. The number of hydrogen-bond acceptors (Lipinski definition) is 0. The third-order valence-corrected chi connectivity index (χ3v) is 5.42. The first-order valence-electron chi connectivity index (χ1n) is 11.1. The molecule has 4 rings (SSSR count). The summed E-state index contributed by atoms with van der Waals surface area (Å²) in [5.41, 5.74) is 2.17. The Kier molecular flexibility index (Phi) is 7.34. The number of rotatable bonds is 3. The molecule has 172 valence electrons. The smallest absolute Gasteiger partial charge is 0.166 e. The summed E-state index contributed by atoms with van der Waals surface area (Å²) in [6.45, 7) is 1.99.